The van der Waals surface area contributed by atoms with Crippen LogP contribution in [-0.2, 0) is 4.79 Å². The first-order chi connectivity index (χ1) is 6.74. The maximum atomic E-state index is 11.4. The fourth-order valence-electron chi connectivity index (χ4n) is 1.15. The van der Waals surface area contributed by atoms with Crippen molar-refractivity contribution in [3.63, 3.8) is 0 Å². The van der Waals surface area contributed by atoms with Crippen molar-refractivity contribution in [2.75, 3.05) is 25.0 Å². The highest BCUT2D eigenvalue weighted by atomic mass is 32.1. The van der Waals surface area contributed by atoms with E-state index in [4.69, 9.17) is 0 Å². The smallest absolute Gasteiger partial charge is 0.227 e. The van der Waals surface area contributed by atoms with Gasteiger partial charge >= 0.3 is 0 Å². The molecule has 0 bridgehead atoms. The van der Waals surface area contributed by atoms with Gasteiger partial charge in [-0.1, -0.05) is 0 Å². The van der Waals surface area contributed by atoms with Crippen molar-refractivity contribution in [2.24, 2.45) is 0 Å². The molecule has 5 heteroatoms. The van der Waals surface area contributed by atoms with Gasteiger partial charge in [0, 0.05) is 31.4 Å². The number of carbonyl (C=O) groups excluding carboxylic acids is 1. The number of thiazole rings is 1. The summed E-state index contributed by atoms with van der Waals surface area (Å²) in [5, 5.41) is 5.43. The Morgan fingerprint density at radius 2 is 2.50 bits per heavy atom. The zero-order valence-corrected chi connectivity index (χ0v) is 8.93. The van der Waals surface area contributed by atoms with E-state index in [9.17, 15) is 4.79 Å². The molecule has 0 radical (unpaired) electrons. The summed E-state index contributed by atoms with van der Waals surface area (Å²) in [4.78, 5) is 17.8. The highest BCUT2D eigenvalue weighted by Gasteiger charge is 2.17. The van der Waals surface area contributed by atoms with Gasteiger partial charge in [0.15, 0.2) is 5.13 Å². The highest BCUT2D eigenvalue weighted by molar-refractivity contribution is 7.13. The summed E-state index contributed by atoms with van der Waals surface area (Å²) < 4.78 is 0. The van der Waals surface area contributed by atoms with Crippen LogP contribution in [0.3, 0.4) is 0 Å². The van der Waals surface area contributed by atoms with E-state index in [1.54, 1.807) is 0 Å². The van der Waals surface area contributed by atoms with E-state index in [1.807, 2.05) is 12.3 Å². The van der Waals surface area contributed by atoms with E-state index < -0.39 is 0 Å². The maximum absolute atomic E-state index is 11.4. The molecule has 0 aromatic carbocycles. The van der Waals surface area contributed by atoms with Gasteiger partial charge in [-0.05, 0) is 6.92 Å². The fourth-order valence-corrected chi connectivity index (χ4v) is 1.85. The largest absolute Gasteiger partial charge is 0.302 e. The lowest BCUT2D eigenvalue weighted by Gasteiger charge is -2.01. The van der Waals surface area contributed by atoms with Crippen LogP contribution >= 0.6 is 11.3 Å². The SMILES string of the molecule is Cc1csc(NC(=O)CCN2CC2)n1. The van der Waals surface area contributed by atoms with Crippen LogP contribution in [0, 0.1) is 6.92 Å². The molecule has 1 N–H and O–H groups in total. The predicted molar refractivity (Wildman–Crippen MR) is 56.5 cm³/mol. The number of rotatable bonds is 4. The lowest BCUT2D eigenvalue weighted by Crippen LogP contribution is -2.15. The number of aryl methyl sites for hydroxylation is 1. The molecule has 0 atom stereocenters. The topological polar surface area (TPSA) is 45.0 Å². The molecule has 0 spiro atoms. The number of nitrogens with zero attached hydrogens (tertiary/aromatic N) is 2. The molecule has 14 heavy (non-hydrogen) atoms. The van der Waals surface area contributed by atoms with E-state index in [1.165, 1.54) is 11.3 Å². The monoisotopic (exact) mass is 211 g/mol. The van der Waals surface area contributed by atoms with Gasteiger partial charge in [-0.25, -0.2) is 4.98 Å². The van der Waals surface area contributed by atoms with Crippen molar-refractivity contribution < 1.29 is 4.79 Å². The lowest BCUT2D eigenvalue weighted by molar-refractivity contribution is -0.116. The van der Waals surface area contributed by atoms with E-state index in [2.05, 4.69) is 15.2 Å². The minimum atomic E-state index is 0.0613. The first-order valence-corrected chi connectivity index (χ1v) is 5.56. The summed E-state index contributed by atoms with van der Waals surface area (Å²) in [5.74, 6) is 0.0613. The Kier molecular flexibility index (Phi) is 2.79. The molecule has 1 aromatic heterocycles. The van der Waals surface area contributed by atoms with Crippen molar-refractivity contribution in [3.8, 4) is 0 Å². The quantitative estimate of drug-likeness (QED) is 0.758. The van der Waals surface area contributed by atoms with Gasteiger partial charge in [0.2, 0.25) is 5.91 Å². The van der Waals surface area contributed by atoms with Gasteiger partial charge in [-0.2, -0.15) is 0 Å². The fraction of sp³-hybridized carbons (Fsp3) is 0.556. The van der Waals surface area contributed by atoms with Crippen molar-refractivity contribution in [1.29, 1.82) is 0 Å². The number of hydrogen-bond acceptors (Lipinski definition) is 4. The van der Waals surface area contributed by atoms with E-state index >= 15 is 0 Å². The number of nitrogens with one attached hydrogen (secondary N) is 1. The van der Waals surface area contributed by atoms with Gasteiger partial charge in [0.05, 0.1) is 5.69 Å². The Hall–Kier alpha value is -0.940. The van der Waals surface area contributed by atoms with E-state index in [0.717, 1.165) is 25.3 Å². The molecular formula is C9H13N3OS. The van der Waals surface area contributed by atoms with Crippen LogP contribution in [-0.4, -0.2) is 35.4 Å². The van der Waals surface area contributed by atoms with Crippen molar-refractivity contribution in [1.82, 2.24) is 9.88 Å². The number of amides is 1. The molecule has 1 aliphatic heterocycles. The Morgan fingerprint density at radius 3 is 3.07 bits per heavy atom. The second kappa shape index (κ2) is 4.06. The second-order valence-corrected chi connectivity index (χ2v) is 4.29. The third-order valence-corrected chi connectivity index (χ3v) is 2.94. The first kappa shape index (κ1) is 9.61. The van der Waals surface area contributed by atoms with Gasteiger partial charge in [-0.3, -0.25) is 4.79 Å². The Bertz CT molecular complexity index is 333. The van der Waals surface area contributed by atoms with E-state index in [0.29, 0.717) is 11.6 Å². The minimum absolute atomic E-state index is 0.0613. The van der Waals surface area contributed by atoms with Gasteiger partial charge in [-0.15, -0.1) is 11.3 Å². The van der Waals surface area contributed by atoms with Crippen LogP contribution in [0.25, 0.3) is 0 Å². The van der Waals surface area contributed by atoms with Crippen molar-refractivity contribution in [2.45, 2.75) is 13.3 Å². The molecule has 1 aromatic rings. The predicted octanol–water partition coefficient (Wildman–Crippen LogP) is 1.10. The molecule has 2 rings (SSSR count). The Morgan fingerprint density at radius 1 is 1.71 bits per heavy atom. The number of carbonyl (C=O) groups is 1. The third kappa shape index (κ3) is 2.78. The molecule has 0 aliphatic carbocycles. The summed E-state index contributed by atoms with van der Waals surface area (Å²) in [5.41, 5.74) is 0.955. The van der Waals surface area contributed by atoms with Crippen LogP contribution in [0.4, 0.5) is 5.13 Å². The maximum Gasteiger partial charge on any atom is 0.227 e. The van der Waals surface area contributed by atoms with Crippen molar-refractivity contribution >= 4 is 22.4 Å². The Balaban J connectivity index is 1.75. The van der Waals surface area contributed by atoms with Crippen molar-refractivity contribution in [3.05, 3.63) is 11.1 Å². The molecule has 1 aliphatic rings. The van der Waals surface area contributed by atoms with Gasteiger partial charge in [0.1, 0.15) is 0 Å². The standard InChI is InChI=1S/C9H13N3OS/c1-7-6-14-9(10-7)11-8(13)2-3-12-4-5-12/h6H,2-5H2,1H3,(H,10,11,13). The third-order valence-electron chi connectivity index (χ3n) is 2.06. The van der Waals surface area contributed by atoms with Gasteiger partial charge < -0.3 is 10.2 Å². The molecule has 1 fully saturated rings. The van der Waals surface area contributed by atoms with Crippen LogP contribution in [0.15, 0.2) is 5.38 Å². The van der Waals surface area contributed by atoms with Crippen LogP contribution in [0.5, 0.6) is 0 Å². The zero-order valence-electron chi connectivity index (χ0n) is 8.12. The highest BCUT2D eigenvalue weighted by Crippen LogP contribution is 2.14. The van der Waals surface area contributed by atoms with E-state index in [-0.39, 0.29) is 5.91 Å². The molecule has 1 saturated heterocycles. The summed E-state index contributed by atoms with van der Waals surface area (Å²) in [7, 11) is 0. The normalized spacial score (nSPS) is 15.5. The van der Waals surface area contributed by atoms with Crippen LogP contribution < -0.4 is 5.32 Å². The number of aromatic nitrogens is 1. The Labute approximate surface area is 86.9 Å². The minimum Gasteiger partial charge on any atom is -0.302 e. The van der Waals surface area contributed by atoms with Crippen LogP contribution in [0.2, 0.25) is 0 Å². The molecule has 4 nitrogen and oxygen atoms in total. The average Bonchev–Trinajstić information content (AvgIpc) is 2.88. The number of anilines is 1. The molecule has 1 amide bonds. The molecule has 76 valence electrons. The first-order valence-electron chi connectivity index (χ1n) is 4.68. The zero-order chi connectivity index (χ0) is 9.97. The summed E-state index contributed by atoms with van der Waals surface area (Å²) in [6, 6.07) is 0. The van der Waals surface area contributed by atoms with Crippen LogP contribution in [0.1, 0.15) is 12.1 Å². The molecule has 0 saturated carbocycles. The second-order valence-electron chi connectivity index (χ2n) is 3.43. The molecule has 2 heterocycles. The number of hydrogen-bond donors (Lipinski definition) is 1. The van der Waals surface area contributed by atoms with Gasteiger partial charge in [0.25, 0.3) is 0 Å². The molecular weight excluding hydrogens is 198 g/mol. The average molecular weight is 211 g/mol. The lowest BCUT2D eigenvalue weighted by atomic mass is 10.4. The molecule has 0 unspecified atom stereocenters. The summed E-state index contributed by atoms with van der Waals surface area (Å²) >= 11 is 1.47. The summed E-state index contributed by atoms with van der Waals surface area (Å²) in [6.45, 7) is 5.07. The summed E-state index contributed by atoms with van der Waals surface area (Å²) in [6.07, 6.45) is 0.568.